The van der Waals surface area contributed by atoms with Gasteiger partial charge < -0.3 is 0 Å². The van der Waals surface area contributed by atoms with E-state index in [1.807, 2.05) is 55.5 Å². The Morgan fingerprint density at radius 3 is 2.33 bits per heavy atom. The lowest BCUT2D eigenvalue weighted by Gasteiger charge is -2.11. The normalized spacial score (nSPS) is 11.7. The lowest BCUT2D eigenvalue weighted by molar-refractivity contribution is 0.602. The van der Waals surface area contributed by atoms with Crippen LogP contribution in [0.5, 0.6) is 0 Å². The van der Waals surface area contributed by atoms with Gasteiger partial charge in [-0.25, -0.2) is 13.4 Å². The number of hydrogen-bond donors (Lipinski definition) is 0. The summed E-state index contributed by atoms with van der Waals surface area (Å²) in [5, 5.41) is 0.829. The summed E-state index contributed by atoms with van der Waals surface area (Å²) in [6.45, 7) is 1.96. The highest BCUT2D eigenvalue weighted by Crippen LogP contribution is 2.30. The molecule has 0 fully saturated rings. The summed E-state index contributed by atoms with van der Waals surface area (Å²) in [7, 11) is -3.35. The van der Waals surface area contributed by atoms with Crippen LogP contribution in [0, 0.1) is 6.92 Å². The quantitative estimate of drug-likeness (QED) is 0.726. The highest BCUT2D eigenvalue weighted by atomic mass is 32.2. The second kappa shape index (κ2) is 4.97. The molecule has 0 aliphatic rings. The lowest BCUT2D eigenvalue weighted by Crippen LogP contribution is -2.03. The summed E-state index contributed by atoms with van der Waals surface area (Å²) in [5.74, 6) is 0. The third kappa shape index (κ3) is 2.54. The monoisotopic (exact) mass is 297 g/mol. The van der Waals surface area contributed by atoms with Crippen molar-refractivity contribution in [3.05, 3.63) is 60.2 Å². The van der Waals surface area contributed by atoms with Crippen molar-refractivity contribution >= 4 is 20.7 Å². The van der Waals surface area contributed by atoms with Crippen molar-refractivity contribution < 1.29 is 8.42 Å². The van der Waals surface area contributed by atoms with Gasteiger partial charge in [-0.15, -0.1) is 0 Å². The average Bonchev–Trinajstić information content (AvgIpc) is 2.45. The molecule has 0 N–H and O–H groups in total. The van der Waals surface area contributed by atoms with Gasteiger partial charge in [0.05, 0.1) is 16.1 Å². The Hall–Kier alpha value is -2.20. The highest BCUT2D eigenvalue weighted by Gasteiger charge is 2.18. The molecule has 2 aromatic carbocycles. The van der Waals surface area contributed by atoms with Crippen LogP contribution < -0.4 is 0 Å². The van der Waals surface area contributed by atoms with Crippen LogP contribution in [0.25, 0.3) is 22.2 Å². The van der Waals surface area contributed by atoms with Gasteiger partial charge in [0.15, 0.2) is 9.84 Å². The van der Waals surface area contributed by atoms with E-state index in [-0.39, 0.29) is 4.90 Å². The van der Waals surface area contributed by atoms with Crippen LogP contribution in [0.2, 0.25) is 0 Å². The molecule has 1 aromatic heterocycles. The first-order chi connectivity index (χ1) is 9.97. The SMILES string of the molecule is Cc1ccccc1-c1nc2ccccc2cc1S(C)(=O)=O. The molecule has 0 atom stereocenters. The fraction of sp³-hybridized carbons (Fsp3) is 0.118. The predicted molar refractivity (Wildman–Crippen MR) is 85.0 cm³/mol. The smallest absolute Gasteiger partial charge is 0.177 e. The van der Waals surface area contributed by atoms with Gasteiger partial charge in [-0.3, -0.25) is 0 Å². The molecular weight excluding hydrogens is 282 g/mol. The Balaban J connectivity index is 2.43. The van der Waals surface area contributed by atoms with E-state index in [9.17, 15) is 8.42 Å². The van der Waals surface area contributed by atoms with E-state index in [2.05, 4.69) is 4.98 Å². The number of para-hydroxylation sites is 1. The minimum atomic E-state index is -3.35. The largest absolute Gasteiger partial charge is 0.246 e. The summed E-state index contributed by atoms with van der Waals surface area (Å²) in [4.78, 5) is 4.87. The van der Waals surface area contributed by atoms with Crippen molar-refractivity contribution in [2.45, 2.75) is 11.8 Å². The van der Waals surface area contributed by atoms with Crippen molar-refractivity contribution in [3.63, 3.8) is 0 Å². The third-order valence-corrected chi connectivity index (χ3v) is 4.60. The number of pyridine rings is 1. The number of benzene rings is 2. The van der Waals surface area contributed by atoms with Crippen LogP contribution in [0.1, 0.15) is 5.56 Å². The highest BCUT2D eigenvalue weighted by molar-refractivity contribution is 7.90. The minimum absolute atomic E-state index is 0.274. The number of nitrogens with zero attached hydrogens (tertiary/aromatic N) is 1. The molecular formula is C17H15NO2S. The number of aryl methyl sites for hydroxylation is 1. The van der Waals surface area contributed by atoms with E-state index in [1.165, 1.54) is 6.26 Å². The van der Waals surface area contributed by atoms with Crippen molar-refractivity contribution in [2.24, 2.45) is 0 Å². The van der Waals surface area contributed by atoms with Gasteiger partial charge in [0.2, 0.25) is 0 Å². The van der Waals surface area contributed by atoms with E-state index in [1.54, 1.807) is 6.07 Å². The second-order valence-electron chi connectivity index (χ2n) is 5.11. The van der Waals surface area contributed by atoms with Crippen molar-refractivity contribution in [2.75, 3.05) is 6.26 Å². The Morgan fingerprint density at radius 1 is 0.952 bits per heavy atom. The summed E-state index contributed by atoms with van der Waals surface area (Å²) < 4.78 is 24.3. The number of rotatable bonds is 2. The van der Waals surface area contributed by atoms with Crippen LogP contribution >= 0.6 is 0 Å². The molecule has 0 bridgehead atoms. The maximum Gasteiger partial charge on any atom is 0.177 e. The fourth-order valence-corrected chi connectivity index (χ4v) is 3.26. The molecule has 0 amide bonds. The molecule has 3 rings (SSSR count). The van der Waals surface area contributed by atoms with Crippen LogP contribution in [-0.2, 0) is 9.84 Å². The Bertz CT molecular complexity index is 930. The first-order valence-electron chi connectivity index (χ1n) is 6.62. The van der Waals surface area contributed by atoms with E-state index in [0.717, 1.165) is 22.0 Å². The summed E-state index contributed by atoms with van der Waals surface area (Å²) in [5.41, 5.74) is 3.17. The molecule has 0 saturated carbocycles. The predicted octanol–water partition coefficient (Wildman–Crippen LogP) is 3.61. The van der Waals surface area contributed by atoms with Gasteiger partial charge >= 0.3 is 0 Å². The molecule has 3 aromatic rings. The molecule has 1 heterocycles. The number of hydrogen-bond acceptors (Lipinski definition) is 3. The molecule has 0 spiro atoms. The van der Waals surface area contributed by atoms with E-state index < -0.39 is 9.84 Å². The van der Waals surface area contributed by atoms with Gasteiger partial charge in [-0.1, -0.05) is 42.5 Å². The fourth-order valence-electron chi connectivity index (χ4n) is 2.41. The van der Waals surface area contributed by atoms with Crippen molar-refractivity contribution in [3.8, 4) is 11.3 Å². The average molecular weight is 297 g/mol. The van der Waals surface area contributed by atoms with Crippen LogP contribution in [0.3, 0.4) is 0 Å². The molecule has 4 heteroatoms. The Labute approximate surface area is 124 Å². The summed E-state index contributed by atoms with van der Waals surface area (Å²) in [6.07, 6.45) is 1.22. The summed E-state index contributed by atoms with van der Waals surface area (Å²) >= 11 is 0. The number of fused-ring (bicyclic) bond motifs is 1. The number of aromatic nitrogens is 1. The zero-order chi connectivity index (χ0) is 15.0. The van der Waals surface area contributed by atoms with E-state index in [4.69, 9.17) is 0 Å². The van der Waals surface area contributed by atoms with E-state index >= 15 is 0 Å². The lowest BCUT2D eigenvalue weighted by atomic mass is 10.0. The molecule has 21 heavy (non-hydrogen) atoms. The van der Waals surface area contributed by atoms with Crippen LogP contribution in [-0.4, -0.2) is 19.7 Å². The Morgan fingerprint density at radius 2 is 1.62 bits per heavy atom. The zero-order valence-electron chi connectivity index (χ0n) is 11.9. The van der Waals surface area contributed by atoms with Crippen molar-refractivity contribution in [1.29, 1.82) is 0 Å². The zero-order valence-corrected chi connectivity index (χ0v) is 12.7. The maximum absolute atomic E-state index is 12.1. The molecule has 0 unspecified atom stereocenters. The number of sulfone groups is 1. The minimum Gasteiger partial charge on any atom is -0.246 e. The van der Waals surface area contributed by atoms with Crippen LogP contribution in [0.15, 0.2) is 59.5 Å². The first-order valence-corrected chi connectivity index (χ1v) is 8.52. The van der Waals surface area contributed by atoms with Crippen molar-refractivity contribution in [1.82, 2.24) is 4.98 Å². The molecule has 0 radical (unpaired) electrons. The first kappa shape index (κ1) is 13.8. The molecule has 3 nitrogen and oxygen atoms in total. The Kier molecular flexibility index (Phi) is 3.26. The van der Waals surface area contributed by atoms with Gasteiger partial charge in [0, 0.05) is 17.2 Å². The van der Waals surface area contributed by atoms with E-state index in [0.29, 0.717) is 5.69 Å². The van der Waals surface area contributed by atoms with Crippen LogP contribution in [0.4, 0.5) is 0 Å². The molecule has 0 aliphatic carbocycles. The van der Waals surface area contributed by atoms with Gasteiger partial charge in [0.1, 0.15) is 0 Å². The molecule has 0 saturated heterocycles. The standard InChI is InChI=1S/C17H15NO2S/c1-12-7-3-5-9-14(12)17-16(21(2,19)20)11-13-8-4-6-10-15(13)18-17/h3-11H,1-2H3. The second-order valence-corrected chi connectivity index (χ2v) is 7.10. The third-order valence-electron chi connectivity index (χ3n) is 3.49. The van der Waals surface area contributed by atoms with Gasteiger partial charge in [-0.05, 0) is 24.6 Å². The maximum atomic E-state index is 12.1. The van der Waals surface area contributed by atoms with Gasteiger partial charge in [-0.2, -0.15) is 0 Å². The summed E-state index contributed by atoms with van der Waals surface area (Å²) in [6, 6.07) is 16.9. The van der Waals surface area contributed by atoms with Gasteiger partial charge in [0.25, 0.3) is 0 Å². The molecule has 0 aliphatic heterocycles. The molecule has 106 valence electrons. The topological polar surface area (TPSA) is 47.0 Å².